The fourth-order valence-corrected chi connectivity index (χ4v) is 7.80. The Bertz CT molecular complexity index is 1180. The number of hydrogen-bond acceptors (Lipinski definition) is 12. The summed E-state index contributed by atoms with van der Waals surface area (Å²) >= 11 is 0. The van der Waals surface area contributed by atoms with Crippen molar-refractivity contribution < 1.29 is 63.1 Å². The minimum absolute atomic E-state index is 0.146. The minimum Gasteiger partial charge on any atom is -0.462 e. The van der Waals surface area contributed by atoms with Crippen molar-refractivity contribution in [3.05, 3.63) is 36.5 Å². The van der Waals surface area contributed by atoms with Crippen molar-refractivity contribution in [1.82, 2.24) is 0 Å². The maximum Gasteiger partial charge on any atom is 0.472 e. The lowest BCUT2D eigenvalue weighted by atomic mass is 9.85. The molecule has 0 aromatic heterocycles. The first-order valence-electron chi connectivity index (χ1n) is 22.8. The molecule has 0 aliphatic heterocycles. The number of phosphoric ester groups is 1. The van der Waals surface area contributed by atoms with Crippen molar-refractivity contribution >= 4 is 19.8 Å². The molecule has 59 heavy (non-hydrogen) atoms. The Kier molecular flexibility index (Phi) is 33.3. The van der Waals surface area contributed by atoms with Crippen LogP contribution in [0.5, 0.6) is 0 Å². The van der Waals surface area contributed by atoms with Crippen LogP contribution in [0.25, 0.3) is 0 Å². The molecule has 1 saturated carbocycles. The smallest absolute Gasteiger partial charge is 0.462 e. The van der Waals surface area contributed by atoms with Gasteiger partial charge in [-0.15, -0.1) is 0 Å². The van der Waals surface area contributed by atoms with Crippen LogP contribution in [0.2, 0.25) is 0 Å². The quantitative estimate of drug-likeness (QED) is 0.00864. The largest absolute Gasteiger partial charge is 0.472 e. The molecule has 0 amide bonds. The van der Waals surface area contributed by atoms with Gasteiger partial charge in [-0.2, -0.15) is 0 Å². The molecule has 0 aromatic carbocycles. The molecule has 0 spiro atoms. The van der Waals surface area contributed by atoms with E-state index in [4.69, 9.17) is 18.5 Å². The summed E-state index contributed by atoms with van der Waals surface area (Å²) in [5.74, 6) is -1.35. The lowest BCUT2D eigenvalue weighted by Gasteiger charge is -2.41. The fraction of sp³-hybridized carbons (Fsp3) is 0.822. The van der Waals surface area contributed by atoms with Gasteiger partial charge in [-0.1, -0.05) is 166 Å². The first-order chi connectivity index (χ1) is 28.4. The van der Waals surface area contributed by atoms with Gasteiger partial charge in [-0.05, 0) is 38.5 Å². The number of phosphoric acid groups is 1. The highest BCUT2D eigenvalue weighted by Crippen LogP contribution is 2.47. The summed E-state index contributed by atoms with van der Waals surface area (Å²) in [6.45, 7) is 3.17. The summed E-state index contributed by atoms with van der Waals surface area (Å²) in [5, 5.41) is 50.1. The topological polar surface area (TPSA) is 210 Å². The number of aliphatic hydroxyl groups is 5. The second-order valence-corrected chi connectivity index (χ2v) is 17.4. The molecule has 13 nitrogen and oxygen atoms in total. The molecule has 0 saturated heterocycles. The van der Waals surface area contributed by atoms with Crippen LogP contribution in [-0.2, 0) is 32.7 Å². The summed E-state index contributed by atoms with van der Waals surface area (Å²) < 4.78 is 33.3. The van der Waals surface area contributed by atoms with E-state index >= 15 is 0 Å². The molecule has 1 fully saturated rings. The Hall–Kier alpha value is -1.93. The third-order valence-electron chi connectivity index (χ3n) is 10.6. The average Bonchev–Trinajstić information content (AvgIpc) is 3.21. The van der Waals surface area contributed by atoms with Crippen molar-refractivity contribution in [3.63, 3.8) is 0 Å². The predicted octanol–water partition coefficient (Wildman–Crippen LogP) is 8.61. The van der Waals surface area contributed by atoms with Crippen LogP contribution in [0.1, 0.15) is 181 Å². The lowest BCUT2D eigenvalue weighted by molar-refractivity contribution is -0.220. The van der Waals surface area contributed by atoms with Crippen molar-refractivity contribution in [2.45, 2.75) is 224 Å². The van der Waals surface area contributed by atoms with E-state index in [0.717, 1.165) is 57.4 Å². The van der Waals surface area contributed by atoms with E-state index in [2.05, 4.69) is 26.0 Å². The van der Waals surface area contributed by atoms with Crippen molar-refractivity contribution in [2.75, 3.05) is 13.2 Å². The zero-order chi connectivity index (χ0) is 43.6. The van der Waals surface area contributed by atoms with Gasteiger partial charge in [0.05, 0.1) is 6.61 Å². The Balaban J connectivity index is 2.52. The van der Waals surface area contributed by atoms with Crippen LogP contribution >= 0.6 is 7.82 Å². The zero-order valence-corrected chi connectivity index (χ0v) is 37.2. The number of unbranched alkanes of at least 4 members (excludes halogenated alkanes) is 22. The maximum atomic E-state index is 12.8. The molecule has 14 heteroatoms. The molecule has 1 aliphatic rings. The van der Waals surface area contributed by atoms with Gasteiger partial charge in [0.25, 0.3) is 0 Å². The molecule has 1 aliphatic carbocycles. The van der Waals surface area contributed by atoms with Crippen molar-refractivity contribution in [2.24, 2.45) is 0 Å². The monoisotopic (exact) mass is 861 g/mol. The molecular weight excluding hydrogens is 779 g/mol. The standard InChI is InChI=1S/C45H81O13P/c1-3-5-7-9-11-13-15-17-19-21-23-25-27-29-31-33-38(46)55-35-37(36-56-59(53,54)58-45-43(51)41(49)40(48)42(50)44(45)52)57-39(47)34-32-30-28-26-24-22-20-18-16-14-12-10-8-6-4-2/h9,11,28,30,32,34,37,40-45,48-52H,3-8,10,12-27,29,31,33,35-36H2,1-2H3,(H,53,54)/b11-9+,30-28+,34-32+/t37-,40?,41-,42?,43?,44?,45?/m1/s1. The summed E-state index contributed by atoms with van der Waals surface area (Å²) in [6.07, 6.45) is 26.9. The lowest BCUT2D eigenvalue weighted by Crippen LogP contribution is -2.64. The number of rotatable bonds is 37. The van der Waals surface area contributed by atoms with E-state index in [1.165, 1.54) is 109 Å². The molecule has 6 N–H and O–H groups in total. The summed E-state index contributed by atoms with van der Waals surface area (Å²) in [4.78, 5) is 35.5. The molecule has 1 rings (SSSR count). The molecule has 8 atom stereocenters. The van der Waals surface area contributed by atoms with Gasteiger partial charge in [-0.25, -0.2) is 9.36 Å². The zero-order valence-electron chi connectivity index (χ0n) is 36.3. The number of hydrogen-bond donors (Lipinski definition) is 6. The van der Waals surface area contributed by atoms with Crippen molar-refractivity contribution in [1.29, 1.82) is 0 Å². The minimum atomic E-state index is -5.14. The first kappa shape index (κ1) is 55.1. The highest BCUT2D eigenvalue weighted by Gasteiger charge is 2.51. The Morgan fingerprint density at radius 1 is 0.559 bits per heavy atom. The number of carbonyl (C=O) groups excluding carboxylic acids is 2. The molecule has 6 unspecified atom stereocenters. The van der Waals surface area contributed by atoms with E-state index in [-0.39, 0.29) is 6.42 Å². The van der Waals surface area contributed by atoms with Gasteiger partial charge in [-0.3, -0.25) is 13.8 Å². The highest BCUT2D eigenvalue weighted by molar-refractivity contribution is 7.47. The van der Waals surface area contributed by atoms with E-state index in [9.17, 15) is 44.6 Å². The Morgan fingerprint density at radius 2 is 1.00 bits per heavy atom. The Morgan fingerprint density at radius 3 is 1.53 bits per heavy atom. The average molecular weight is 861 g/mol. The van der Waals surface area contributed by atoms with Crippen molar-refractivity contribution in [3.8, 4) is 0 Å². The van der Waals surface area contributed by atoms with Crippen LogP contribution in [0, 0.1) is 0 Å². The molecule has 0 bridgehead atoms. The predicted molar refractivity (Wildman–Crippen MR) is 230 cm³/mol. The summed E-state index contributed by atoms with van der Waals surface area (Å²) in [7, 11) is -5.14. The van der Waals surface area contributed by atoms with Gasteiger partial charge in [0.15, 0.2) is 6.10 Å². The SMILES string of the molecule is CCCC/C=C/CCCCCCCCCCCC(=O)OC[C@H](COP(=O)(O)OC1C(O)C(O)C(O)[C@@H](O)C1O)OC(=O)/C=C/C=C/CCCCCCCCCCCCC. The molecule has 0 heterocycles. The van der Waals surface area contributed by atoms with Crippen LogP contribution < -0.4 is 0 Å². The molecular formula is C45H81O13P. The van der Waals surface area contributed by atoms with Gasteiger partial charge < -0.3 is 39.9 Å². The third-order valence-corrected chi connectivity index (χ3v) is 11.5. The van der Waals surface area contributed by atoms with Crippen LogP contribution in [-0.4, -0.2) is 98.3 Å². The van der Waals surface area contributed by atoms with E-state index < -0.39 is 75.7 Å². The van der Waals surface area contributed by atoms with Gasteiger partial charge in [0.1, 0.15) is 43.2 Å². The first-order valence-corrected chi connectivity index (χ1v) is 24.3. The second kappa shape index (κ2) is 35.6. The van der Waals surface area contributed by atoms with E-state index in [1.54, 1.807) is 6.08 Å². The van der Waals surface area contributed by atoms with Crippen LogP contribution in [0.4, 0.5) is 0 Å². The van der Waals surface area contributed by atoms with E-state index in [1.807, 2.05) is 6.08 Å². The Labute approximate surface area is 355 Å². The molecule has 0 aromatic rings. The number of aliphatic hydroxyl groups excluding tert-OH is 5. The third kappa shape index (κ3) is 28.3. The van der Waals surface area contributed by atoms with Crippen LogP contribution in [0.3, 0.4) is 0 Å². The van der Waals surface area contributed by atoms with Gasteiger partial charge in [0, 0.05) is 12.5 Å². The van der Waals surface area contributed by atoms with Gasteiger partial charge in [0.2, 0.25) is 0 Å². The maximum absolute atomic E-state index is 12.8. The number of ether oxygens (including phenoxy) is 2. The normalized spacial score (nSPS) is 22.6. The molecule has 0 radical (unpaired) electrons. The van der Waals surface area contributed by atoms with Gasteiger partial charge >= 0.3 is 19.8 Å². The van der Waals surface area contributed by atoms with E-state index in [0.29, 0.717) is 6.42 Å². The highest BCUT2D eigenvalue weighted by atomic mass is 31.2. The number of allylic oxidation sites excluding steroid dienone is 5. The summed E-state index contributed by atoms with van der Waals surface area (Å²) in [6, 6.07) is 0. The summed E-state index contributed by atoms with van der Waals surface area (Å²) in [5.41, 5.74) is 0. The molecule has 344 valence electrons. The number of esters is 2. The fourth-order valence-electron chi connectivity index (χ4n) is 6.82. The number of carbonyl (C=O) groups is 2. The van der Waals surface area contributed by atoms with Crippen LogP contribution in [0.15, 0.2) is 36.5 Å². The second-order valence-electron chi connectivity index (χ2n) is 16.0.